The minimum Gasteiger partial charge on any atom is -0.356 e. The number of hydrogen-bond acceptors (Lipinski definition) is 2. The van der Waals surface area contributed by atoms with Crippen LogP contribution in [0.5, 0.6) is 0 Å². The van der Waals surface area contributed by atoms with Crippen LogP contribution < -0.4 is 0 Å². The third-order valence-electron chi connectivity index (χ3n) is 9.07. The van der Waals surface area contributed by atoms with Crippen LogP contribution in [0.25, 0.3) is 0 Å². The maximum atomic E-state index is 2.70. The van der Waals surface area contributed by atoms with Gasteiger partial charge in [-0.25, -0.2) is 0 Å². The molecule has 0 amide bonds. The minimum absolute atomic E-state index is 0.642. The Kier molecular flexibility index (Phi) is 26.9. The molecule has 0 aromatic heterocycles. The lowest BCUT2D eigenvalue weighted by atomic mass is 10.0. The molecule has 1 heterocycles. The van der Waals surface area contributed by atoms with Gasteiger partial charge in [-0.2, -0.15) is 0 Å². The summed E-state index contributed by atoms with van der Waals surface area (Å²) in [7, 11) is 0. The first-order chi connectivity index (χ1) is 19.3. The molecule has 0 aliphatic carbocycles. The van der Waals surface area contributed by atoms with E-state index in [0.717, 1.165) is 0 Å². The van der Waals surface area contributed by atoms with E-state index in [4.69, 9.17) is 0 Å². The lowest BCUT2D eigenvalue weighted by molar-refractivity contribution is 0.135. The number of unbranched alkanes of at least 4 members (excludes halogenated alkanes) is 25. The Bertz CT molecular complexity index is 502. The lowest BCUT2D eigenvalue weighted by Gasteiger charge is -2.33. The molecule has 0 radical (unpaired) electrons. The summed E-state index contributed by atoms with van der Waals surface area (Å²) < 4.78 is 0. The van der Waals surface area contributed by atoms with E-state index < -0.39 is 0 Å². The average Bonchev–Trinajstić information content (AvgIpc) is 3.33. The minimum atomic E-state index is 0.642. The van der Waals surface area contributed by atoms with Crippen molar-refractivity contribution in [2.24, 2.45) is 0 Å². The van der Waals surface area contributed by atoms with Gasteiger partial charge >= 0.3 is 0 Å². The second-order valence-electron chi connectivity index (χ2n) is 12.9. The Morgan fingerprint density at radius 2 is 0.590 bits per heavy atom. The van der Waals surface area contributed by atoms with Crippen molar-refractivity contribution in [3.05, 3.63) is 12.4 Å². The van der Waals surface area contributed by atoms with Crippen LogP contribution in [0.15, 0.2) is 12.4 Å². The SMILES string of the molecule is CCCCCCCCCCCCCCCCCCC1N(CCCCCCC)C=CN1CCCCCCCCC. The predicted octanol–water partition coefficient (Wildman–Crippen LogP) is 12.8. The summed E-state index contributed by atoms with van der Waals surface area (Å²) in [6.07, 6.45) is 47.0. The monoisotopic (exact) mass is 547 g/mol. The summed E-state index contributed by atoms with van der Waals surface area (Å²) in [5.41, 5.74) is 0. The van der Waals surface area contributed by atoms with Gasteiger partial charge in [0.25, 0.3) is 0 Å². The van der Waals surface area contributed by atoms with Gasteiger partial charge in [0.05, 0.1) is 0 Å². The summed E-state index contributed by atoms with van der Waals surface area (Å²) in [5, 5.41) is 0. The van der Waals surface area contributed by atoms with Crippen LogP contribution in [-0.2, 0) is 0 Å². The van der Waals surface area contributed by atoms with Crippen LogP contribution in [0.4, 0.5) is 0 Å². The molecule has 0 saturated heterocycles. The first-order valence-corrected chi connectivity index (χ1v) is 18.5. The third kappa shape index (κ3) is 21.7. The van der Waals surface area contributed by atoms with Crippen LogP contribution in [0.3, 0.4) is 0 Å². The second-order valence-corrected chi connectivity index (χ2v) is 12.9. The zero-order valence-electron chi connectivity index (χ0n) is 27.5. The van der Waals surface area contributed by atoms with E-state index in [9.17, 15) is 0 Å². The zero-order chi connectivity index (χ0) is 28.1. The van der Waals surface area contributed by atoms with Gasteiger partial charge in [0, 0.05) is 25.5 Å². The van der Waals surface area contributed by atoms with E-state index in [-0.39, 0.29) is 0 Å². The van der Waals surface area contributed by atoms with Gasteiger partial charge in [0.1, 0.15) is 6.17 Å². The van der Waals surface area contributed by atoms with E-state index in [2.05, 4.69) is 43.0 Å². The largest absolute Gasteiger partial charge is 0.356 e. The Morgan fingerprint density at radius 3 is 0.897 bits per heavy atom. The highest BCUT2D eigenvalue weighted by Gasteiger charge is 2.24. The van der Waals surface area contributed by atoms with Gasteiger partial charge in [-0.05, 0) is 25.7 Å². The molecule has 0 fully saturated rings. The second kappa shape index (κ2) is 28.9. The number of nitrogens with zero attached hydrogens (tertiary/aromatic N) is 2. The fraction of sp³-hybridized carbons (Fsp3) is 0.946. The van der Waals surface area contributed by atoms with Crippen LogP contribution in [-0.4, -0.2) is 29.1 Å². The standard InChI is InChI=1S/C37H74N2/c1-4-7-10-13-15-16-17-18-19-20-21-22-23-24-26-29-32-37-38(33-30-27-12-9-6-3)35-36-39(37)34-31-28-25-14-11-8-5-2/h35-37H,4-34H2,1-3H3. The van der Waals surface area contributed by atoms with E-state index in [1.165, 1.54) is 199 Å². The highest BCUT2D eigenvalue weighted by Crippen LogP contribution is 2.24. The summed E-state index contributed by atoms with van der Waals surface area (Å²) in [6.45, 7) is 9.47. The Hall–Kier alpha value is -0.660. The van der Waals surface area contributed by atoms with Gasteiger partial charge in [0.15, 0.2) is 0 Å². The molecule has 0 N–H and O–H groups in total. The fourth-order valence-corrected chi connectivity index (χ4v) is 6.36. The van der Waals surface area contributed by atoms with Crippen LogP contribution >= 0.6 is 0 Å². The van der Waals surface area contributed by atoms with Gasteiger partial charge in [0.2, 0.25) is 0 Å². The van der Waals surface area contributed by atoms with Crippen molar-refractivity contribution in [2.45, 2.75) is 213 Å². The molecule has 1 unspecified atom stereocenters. The Labute approximate surface area is 248 Å². The van der Waals surface area contributed by atoms with Gasteiger partial charge in [-0.1, -0.05) is 181 Å². The smallest absolute Gasteiger partial charge is 0.101 e. The molecular weight excluding hydrogens is 472 g/mol. The van der Waals surface area contributed by atoms with E-state index >= 15 is 0 Å². The molecule has 0 spiro atoms. The van der Waals surface area contributed by atoms with Crippen molar-refractivity contribution in [1.82, 2.24) is 9.80 Å². The highest BCUT2D eigenvalue weighted by atomic mass is 15.4. The molecule has 0 aromatic carbocycles. The molecule has 1 aliphatic rings. The number of hydrogen-bond donors (Lipinski definition) is 0. The van der Waals surface area contributed by atoms with Crippen molar-refractivity contribution in [3.63, 3.8) is 0 Å². The summed E-state index contributed by atoms with van der Waals surface area (Å²) >= 11 is 0. The quantitative estimate of drug-likeness (QED) is 0.0798. The highest BCUT2D eigenvalue weighted by molar-refractivity contribution is 4.97. The number of rotatable bonds is 31. The first-order valence-electron chi connectivity index (χ1n) is 18.5. The molecule has 1 rings (SSSR count). The van der Waals surface area contributed by atoms with Crippen LogP contribution in [0.1, 0.15) is 207 Å². The Morgan fingerprint density at radius 1 is 0.333 bits per heavy atom. The van der Waals surface area contributed by atoms with E-state index in [1.54, 1.807) is 0 Å². The molecule has 1 aliphatic heterocycles. The predicted molar refractivity (Wildman–Crippen MR) is 177 cm³/mol. The molecule has 2 nitrogen and oxygen atoms in total. The summed E-state index contributed by atoms with van der Waals surface area (Å²) in [5.74, 6) is 0. The maximum absolute atomic E-state index is 2.70. The molecule has 0 aromatic rings. The molecule has 39 heavy (non-hydrogen) atoms. The summed E-state index contributed by atoms with van der Waals surface area (Å²) in [6, 6.07) is 0. The normalized spacial score (nSPS) is 15.2. The third-order valence-corrected chi connectivity index (χ3v) is 9.07. The van der Waals surface area contributed by atoms with E-state index in [1.807, 2.05) is 0 Å². The zero-order valence-corrected chi connectivity index (χ0v) is 27.5. The van der Waals surface area contributed by atoms with Crippen LogP contribution in [0, 0.1) is 0 Å². The molecular formula is C37H74N2. The summed E-state index contributed by atoms with van der Waals surface area (Å²) in [4.78, 5) is 5.39. The molecule has 232 valence electrons. The fourth-order valence-electron chi connectivity index (χ4n) is 6.36. The molecule has 0 saturated carbocycles. The maximum Gasteiger partial charge on any atom is 0.101 e. The van der Waals surface area contributed by atoms with Gasteiger partial charge in [-0.3, -0.25) is 0 Å². The van der Waals surface area contributed by atoms with Crippen molar-refractivity contribution in [2.75, 3.05) is 13.1 Å². The topological polar surface area (TPSA) is 6.48 Å². The molecule has 0 bridgehead atoms. The van der Waals surface area contributed by atoms with Crippen molar-refractivity contribution >= 4 is 0 Å². The Balaban J connectivity index is 2.12. The van der Waals surface area contributed by atoms with Gasteiger partial charge < -0.3 is 9.80 Å². The van der Waals surface area contributed by atoms with Gasteiger partial charge in [-0.15, -0.1) is 0 Å². The van der Waals surface area contributed by atoms with E-state index in [0.29, 0.717) is 6.17 Å². The lowest BCUT2D eigenvalue weighted by Crippen LogP contribution is -2.39. The first kappa shape index (κ1) is 36.4. The average molecular weight is 547 g/mol. The van der Waals surface area contributed by atoms with Crippen molar-refractivity contribution in [3.8, 4) is 0 Å². The van der Waals surface area contributed by atoms with Crippen molar-refractivity contribution in [1.29, 1.82) is 0 Å². The van der Waals surface area contributed by atoms with Crippen molar-refractivity contribution < 1.29 is 0 Å². The molecule has 1 atom stereocenters. The molecule has 2 heteroatoms. The van der Waals surface area contributed by atoms with Crippen LogP contribution in [0.2, 0.25) is 0 Å².